The molecule has 0 N–H and O–H groups in total. The zero-order valence-electron chi connectivity index (χ0n) is 17.0. The Hall–Kier alpha value is -1.79. The third-order valence-electron chi connectivity index (χ3n) is 5.04. The van der Waals surface area contributed by atoms with Crippen LogP contribution in [-0.2, 0) is 10.2 Å². The number of hydrogen-bond acceptors (Lipinski definition) is 4. The third kappa shape index (κ3) is 4.61. The van der Waals surface area contributed by atoms with Gasteiger partial charge in [-0.25, -0.2) is 0 Å². The van der Waals surface area contributed by atoms with Crippen LogP contribution >= 0.6 is 23.1 Å². The number of benzene rings is 1. The first-order chi connectivity index (χ1) is 13.3. The second kappa shape index (κ2) is 8.70. The van der Waals surface area contributed by atoms with Crippen molar-refractivity contribution in [1.29, 1.82) is 0 Å². The highest BCUT2D eigenvalue weighted by Crippen LogP contribution is 2.39. The van der Waals surface area contributed by atoms with Gasteiger partial charge in [0.2, 0.25) is 5.91 Å². The lowest BCUT2D eigenvalue weighted by Crippen LogP contribution is -2.39. The minimum absolute atomic E-state index is 0.0251. The Kier molecular flexibility index (Phi) is 6.50. The molecule has 0 spiro atoms. The van der Waals surface area contributed by atoms with Gasteiger partial charge in [-0.1, -0.05) is 51.1 Å². The number of hydrogen-bond donors (Lipinski definition) is 0. The summed E-state index contributed by atoms with van der Waals surface area (Å²) in [6.07, 6.45) is 0. The van der Waals surface area contributed by atoms with E-state index in [1.807, 2.05) is 34.2 Å². The zero-order chi connectivity index (χ0) is 20.3. The molecule has 150 valence electrons. The largest absolute Gasteiger partial charge is 0.336 e. The van der Waals surface area contributed by atoms with Gasteiger partial charge in [0, 0.05) is 19.6 Å². The molecule has 0 radical (unpaired) electrons. The van der Waals surface area contributed by atoms with Crippen LogP contribution in [0.1, 0.15) is 53.9 Å². The van der Waals surface area contributed by atoms with E-state index in [0.717, 1.165) is 10.4 Å². The van der Waals surface area contributed by atoms with Crippen molar-refractivity contribution in [3.63, 3.8) is 0 Å². The van der Waals surface area contributed by atoms with Gasteiger partial charge in [0.05, 0.1) is 10.6 Å². The van der Waals surface area contributed by atoms with Crippen molar-refractivity contribution >= 4 is 34.9 Å². The number of thiophene rings is 1. The third-order valence-corrected chi connectivity index (χ3v) is 7.16. The van der Waals surface area contributed by atoms with Crippen molar-refractivity contribution in [2.24, 2.45) is 0 Å². The molecule has 0 aliphatic carbocycles. The summed E-state index contributed by atoms with van der Waals surface area (Å²) in [5.74, 6) is 0.689. The van der Waals surface area contributed by atoms with Gasteiger partial charge >= 0.3 is 0 Å². The second-order valence-corrected chi connectivity index (χ2v) is 10.0. The van der Waals surface area contributed by atoms with Crippen LogP contribution in [0.3, 0.4) is 0 Å². The lowest BCUT2D eigenvalue weighted by atomic mass is 9.87. The highest BCUT2D eigenvalue weighted by molar-refractivity contribution is 8.00. The second-order valence-electron chi connectivity index (χ2n) is 7.98. The standard InChI is InChI=1S/C22H28N2O2S2/c1-5-23(20(26)18-7-6-14-27-18)12-13-24-19(25)15-28-21(24)16-8-10-17(11-9-16)22(2,3)4/h6-11,14,21H,5,12-13,15H2,1-4H3/t21-/m0/s1. The number of rotatable bonds is 6. The highest BCUT2D eigenvalue weighted by Gasteiger charge is 2.33. The number of carbonyl (C=O) groups excluding carboxylic acids is 2. The van der Waals surface area contributed by atoms with Crippen LogP contribution in [0, 0.1) is 0 Å². The van der Waals surface area contributed by atoms with Crippen LogP contribution in [0.2, 0.25) is 0 Å². The van der Waals surface area contributed by atoms with Crippen LogP contribution in [0.4, 0.5) is 0 Å². The lowest BCUT2D eigenvalue weighted by molar-refractivity contribution is -0.128. The molecule has 1 aliphatic heterocycles. The summed E-state index contributed by atoms with van der Waals surface area (Å²) in [5.41, 5.74) is 2.55. The molecule has 0 saturated carbocycles. The highest BCUT2D eigenvalue weighted by atomic mass is 32.2. The molecule has 1 aliphatic rings. The van der Waals surface area contributed by atoms with Crippen molar-refractivity contribution < 1.29 is 9.59 Å². The molecule has 2 amide bonds. The molecule has 4 nitrogen and oxygen atoms in total. The van der Waals surface area contributed by atoms with Gasteiger partial charge in [-0.05, 0) is 34.9 Å². The molecule has 28 heavy (non-hydrogen) atoms. The van der Waals surface area contributed by atoms with Crippen molar-refractivity contribution in [2.75, 3.05) is 25.4 Å². The number of likely N-dealkylation sites (N-methyl/N-ethyl adjacent to an activating group) is 1. The van der Waals surface area contributed by atoms with E-state index >= 15 is 0 Å². The first-order valence-corrected chi connectivity index (χ1v) is 11.6. The molecule has 2 aromatic rings. The van der Waals surface area contributed by atoms with Crippen LogP contribution in [-0.4, -0.2) is 47.0 Å². The summed E-state index contributed by atoms with van der Waals surface area (Å²) in [6.45, 7) is 10.3. The van der Waals surface area contributed by atoms with E-state index < -0.39 is 0 Å². The lowest BCUT2D eigenvalue weighted by Gasteiger charge is -2.28. The van der Waals surface area contributed by atoms with Gasteiger partial charge in [-0.15, -0.1) is 23.1 Å². The maximum Gasteiger partial charge on any atom is 0.263 e. The van der Waals surface area contributed by atoms with E-state index in [2.05, 4.69) is 45.0 Å². The minimum atomic E-state index is 0.0251. The summed E-state index contributed by atoms with van der Waals surface area (Å²) in [6, 6.07) is 12.3. The summed E-state index contributed by atoms with van der Waals surface area (Å²) < 4.78 is 0. The van der Waals surface area contributed by atoms with Gasteiger partial charge in [0.25, 0.3) is 5.91 Å². The predicted octanol–water partition coefficient (Wildman–Crippen LogP) is 4.78. The van der Waals surface area contributed by atoms with Crippen LogP contribution < -0.4 is 0 Å². The number of nitrogens with zero attached hydrogens (tertiary/aromatic N) is 2. The van der Waals surface area contributed by atoms with E-state index in [-0.39, 0.29) is 22.6 Å². The molecule has 1 fully saturated rings. The topological polar surface area (TPSA) is 40.6 Å². The van der Waals surface area contributed by atoms with Gasteiger partial charge in [-0.3, -0.25) is 9.59 Å². The zero-order valence-corrected chi connectivity index (χ0v) is 18.6. The maximum atomic E-state index is 12.6. The monoisotopic (exact) mass is 416 g/mol. The number of thioether (sulfide) groups is 1. The first kappa shape index (κ1) is 20.9. The molecule has 1 saturated heterocycles. The number of amides is 2. The molecule has 1 aromatic carbocycles. The Bertz CT molecular complexity index is 810. The first-order valence-electron chi connectivity index (χ1n) is 9.65. The van der Waals surface area contributed by atoms with Gasteiger partial charge in [0.15, 0.2) is 0 Å². The average Bonchev–Trinajstić information content (AvgIpc) is 3.32. The maximum absolute atomic E-state index is 12.6. The Balaban J connectivity index is 1.69. The molecule has 6 heteroatoms. The molecule has 1 aromatic heterocycles. The molecule has 3 rings (SSSR count). The average molecular weight is 417 g/mol. The Morgan fingerprint density at radius 1 is 1.21 bits per heavy atom. The summed E-state index contributed by atoms with van der Waals surface area (Å²) >= 11 is 3.12. The van der Waals surface area contributed by atoms with E-state index in [0.29, 0.717) is 25.4 Å². The Labute approximate surface area is 175 Å². The Morgan fingerprint density at radius 3 is 2.50 bits per heavy atom. The molecular formula is C22H28N2O2S2. The Morgan fingerprint density at radius 2 is 1.93 bits per heavy atom. The van der Waals surface area contributed by atoms with E-state index in [1.54, 1.807) is 11.8 Å². The molecule has 1 atom stereocenters. The minimum Gasteiger partial charge on any atom is -0.336 e. The van der Waals surface area contributed by atoms with Crippen LogP contribution in [0.15, 0.2) is 41.8 Å². The van der Waals surface area contributed by atoms with Gasteiger partial charge in [-0.2, -0.15) is 0 Å². The van der Waals surface area contributed by atoms with Crippen LogP contribution in [0.25, 0.3) is 0 Å². The fourth-order valence-corrected chi connectivity index (χ4v) is 5.22. The van der Waals surface area contributed by atoms with E-state index in [9.17, 15) is 9.59 Å². The smallest absolute Gasteiger partial charge is 0.263 e. The molecule has 2 heterocycles. The van der Waals surface area contributed by atoms with Crippen molar-refractivity contribution in [3.8, 4) is 0 Å². The summed E-state index contributed by atoms with van der Waals surface area (Å²) in [7, 11) is 0. The van der Waals surface area contributed by atoms with Crippen molar-refractivity contribution in [2.45, 2.75) is 38.5 Å². The number of carbonyl (C=O) groups is 2. The summed E-state index contributed by atoms with van der Waals surface area (Å²) in [4.78, 5) is 29.6. The van der Waals surface area contributed by atoms with Crippen molar-refractivity contribution in [1.82, 2.24) is 9.80 Å². The van der Waals surface area contributed by atoms with Crippen LogP contribution in [0.5, 0.6) is 0 Å². The van der Waals surface area contributed by atoms with E-state index in [1.165, 1.54) is 16.9 Å². The molecule has 0 bridgehead atoms. The fourth-order valence-electron chi connectivity index (χ4n) is 3.31. The van der Waals surface area contributed by atoms with Gasteiger partial charge in [0.1, 0.15) is 5.37 Å². The molecular weight excluding hydrogens is 388 g/mol. The molecule has 0 unspecified atom stereocenters. The van der Waals surface area contributed by atoms with Crippen molar-refractivity contribution in [3.05, 3.63) is 57.8 Å². The fraction of sp³-hybridized carbons (Fsp3) is 0.455. The summed E-state index contributed by atoms with van der Waals surface area (Å²) in [5, 5.41) is 1.94. The van der Waals surface area contributed by atoms with Gasteiger partial charge < -0.3 is 9.80 Å². The SMILES string of the molecule is CCN(CCN1C(=O)CS[C@H]1c1ccc(C(C)(C)C)cc1)C(=O)c1cccs1. The quantitative estimate of drug-likeness (QED) is 0.680. The van der Waals surface area contributed by atoms with E-state index in [4.69, 9.17) is 0 Å². The normalized spacial score (nSPS) is 17.2. The predicted molar refractivity (Wildman–Crippen MR) is 118 cm³/mol.